The van der Waals surface area contributed by atoms with E-state index in [0.29, 0.717) is 12.2 Å². The van der Waals surface area contributed by atoms with Crippen LogP contribution in [-0.4, -0.2) is 55.7 Å². The topological polar surface area (TPSA) is 100 Å². The largest absolute Gasteiger partial charge is 0.452 e. The first-order valence-electron chi connectivity index (χ1n) is 11.1. The number of carbonyl (C=O) groups excluding carboxylic acids is 2. The highest BCUT2D eigenvalue weighted by molar-refractivity contribution is 5.86. The molecule has 2 amide bonds. The Labute approximate surface area is 204 Å². The zero-order valence-corrected chi connectivity index (χ0v) is 20.6. The van der Waals surface area contributed by atoms with Crippen molar-refractivity contribution in [2.75, 3.05) is 25.6 Å². The molecular formula is C25H33F2N3O5. The summed E-state index contributed by atoms with van der Waals surface area (Å²) in [6.45, 7) is 5.52. The number of rotatable bonds is 9. The van der Waals surface area contributed by atoms with Gasteiger partial charge in [-0.15, -0.1) is 0 Å². The average molecular weight is 494 g/mol. The lowest BCUT2D eigenvalue weighted by Crippen LogP contribution is -2.49. The van der Waals surface area contributed by atoms with Crippen molar-refractivity contribution in [3.05, 3.63) is 65.2 Å². The number of aliphatic hydroxyl groups excluding tert-OH is 1. The van der Waals surface area contributed by atoms with Crippen molar-refractivity contribution < 1.29 is 33.0 Å². The van der Waals surface area contributed by atoms with Crippen LogP contribution < -0.4 is 15.5 Å². The van der Waals surface area contributed by atoms with Crippen LogP contribution in [0.15, 0.2) is 42.5 Å². The quantitative estimate of drug-likeness (QED) is 0.492. The van der Waals surface area contributed by atoms with E-state index >= 15 is 0 Å². The van der Waals surface area contributed by atoms with Gasteiger partial charge < -0.3 is 25.2 Å². The number of aliphatic hydroxyl groups is 1. The molecular weight excluding hydrogens is 460 g/mol. The van der Waals surface area contributed by atoms with Gasteiger partial charge in [0.15, 0.2) is 0 Å². The first-order chi connectivity index (χ1) is 16.4. The van der Waals surface area contributed by atoms with Gasteiger partial charge >= 0.3 is 12.2 Å². The predicted molar refractivity (Wildman–Crippen MR) is 128 cm³/mol. The number of hydrogen-bond donors (Lipinski definition) is 3. The first-order valence-corrected chi connectivity index (χ1v) is 11.1. The number of halogens is 2. The number of carbonyl (C=O) groups is 2. The van der Waals surface area contributed by atoms with E-state index in [2.05, 4.69) is 10.6 Å². The molecule has 2 aromatic carbocycles. The Hall–Kier alpha value is -3.24. The lowest BCUT2D eigenvalue weighted by atomic mass is 10.0. The van der Waals surface area contributed by atoms with Gasteiger partial charge in [0.05, 0.1) is 19.3 Å². The molecule has 0 unspecified atom stereocenters. The fourth-order valence-electron chi connectivity index (χ4n) is 3.35. The van der Waals surface area contributed by atoms with Gasteiger partial charge in [-0.25, -0.2) is 18.4 Å². The Kier molecular flexibility index (Phi) is 9.97. The SMILES string of the molecule is COC(=O)N(C)c1cccc(CNC[C@@H](O)[C@H](Cc2cc(F)cc(F)c2)NC(=O)OC(C)(C)C)c1. The molecule has 0 aliphatic heterocycles. The van der Waals surface area contributed by atoms with Crippen molar-refractivity contribution in [1.82, 2.24) is 10.6 Å². The zero-order chi connectivity index (χ0) is 26.2. The van der Waals surface area contributed by atoms with Crippen LogP contribution in [0, 0.1) is 11.6 Å². The van der Waals surface area contributed by atoms with Crippen LogP contribution in [0.4, 0.5) is 24.1 Å². The minimum absolute atomic E-state index is 0.0177. The van der Waals surface area contributed by atoms with Crippen LogP contribution in [0.2, 0.25) is 0 Å². The van der Waals surface area contributed by atoms with Crippen molar-refractivity contribution in [3.8, 4) is 0 Å². The fraction of sp³-hybridized carbons (Fsp3) is 0.440. The van der Waals surface area contributed by atoms with E-state index in [-0.39, 0.29) is 18.5 Å². The third-order valence-corrected chi connectivity index (χ3v) is 4.97. The molecule has 35 heavy (non-hydrogen) atoms. The summed E-state index contributed by atoms with van der Waals surface area (Å²) in [4.78, 5) is 25.4. The van der Waals surface area contributed by atoms with Crippen molar-refractivity contribution >= 4 is 17.9 Å². The maximum Gasteiger partial charge on any atom is 0.413 e. The standard InChI is InChI=1S/C25H33F2N3O5/c1-25(2,3)35-23(32)29-21(12-17-9-18(26)13-19(27)10-17)22(31)15-28-14-16-7-6-8-20(11-16)30(4)24(33)34-5/h6-11,13,21-22,28,31H,12,14-15H2,1-5H3,(H,29,32)/t21-,22+/m0/s1. The monoisotopic (exact) mass is 493 g/mol. The van der Waals surface area contributed by atoms with E-state index in [1.54, 1.807) is 46.0 Å². The summed E-state index contributed by atoms with van der Waals surface area (Å²) in [6, 6.07) is 9.36. The van der Waals surface area contributed by atoms with Gasteiger partial charge in [-0.05, 0) is 62.6 Å². The van der Waals surface area contributed by atoms with Crippen LogP contribution in [-0.2, 0) is 22.4 Å². The molecule has 0 radical (unpaired) electrons. The lowest BCUT2D eigenvalue weighted by molar-refractivity contribution is 0.0422. The Bertz CT molecular complexity index is 993. The molecule has 0 aromatic heterocycles. The number of ether oxygens (including phenoxy) is 2. The number of benzene rings is 2. The minimum atomic E-state index is -1.10. The van der Waals surface area contributed by atoms with Crippen LogP contribution >= 0.6 is 0 Å². The molecule has 0 saturated carbocycles. The van der Waals surface area contributed by atoms with E-state index < -0.39 is 41.6 Å². The first kappa shape index (κ1) is 28.0. The smallest absolute Gasteiger partial charge is 0.413 e. The number of hydrogen-bond acceptors (Lipinski definition) is 6. The molecule has 192 valence electrons. The maximum atomic E-state index is 13.7. The molecule has 8 nitrogen and oxygen atoms in total. The summed E-state index contributed by atoms with van der Waals surface area (Å²) in [6.07, 6.45) is -2.38. The number of nitrogens with one attached hydrogen (secondary N) is 2. The number of methoxy groups -OCH3 is 1. The van der Waals surface area contributed by atoms with Gasteiger partial charge in [0, 0.05) is 31.9 Å². The van der Waals surface area contributed by atoms with E-state index in [0.717, 1.165) is 23.8 Å². The van der Waals surface area contributed by atoms with E-state index in [1.165, 1.54) is 12.0 Å². The Morgan fingerprint density at radius 1 is 1.09 bits per heavy atom. The Morgan fingerprint density at radius 2 is 1.74 bits per heavy atom. The second-order valence-corrected chi connectivity index (χ2v) is 9.13. The van der Waals surface area contributed by atoms with Crippen LogP contribution in [0.3, 0.4) is 0 Å². The molecule has 3 N–H and O–H groups in total. The highest BCUT2D eigenvalue weighted by atomic mass is 19.1. The van der Waals surface area contributed by atoms with Gasteiger partial charge in [-0.1, -0.05) is 12.1 Å². The molecule has 0 spiro atoms. The third kappa shape index (κ3) is 9.50. The molecule has 0 bridgehead atoms. The summed E-state index contributed by atoms with van der Waals surface area (Å²) in [5.41, 5.74) is 0.996. The number of anilines is 1. The Balaban J connectivity index is 2.06. The summed E-state index contributed by atoms with van der Waals surface area (Å²) in [7, 11) is 2.88. The normalized spacial score (nSPS) is 13.0. The van der Waals surface area contributed by atoms with Crippen molar-refractivity contribution in [1.29, 1.82) is 0 Å². The van der Waals surface area contributed by atoms with Gasteiger partial charge in [0.1, 0.15) is 17.2 Å². The highest BCUT2D eigenvalue weighted by Crippen LogP contribution is 2.16. The van der Waals surface area contributed by atoms with Gasteiger partial charge in [-0.2, -0.15) is 0 Å². The van der Waals surface area contributed by atoms with Crippen molar-refractivity contribution in [3.63, 3.8) is 0 Å². The third-order valence-electron chi connectivity index (χ3n) is 4.97. The zero-order valence-electron chi connectivity index (χ0n) is 20.6. The van der Waals surface area contributed by atoms with Crippen LogP contribution in [0.1, 0.15) is 31.9 Å². The second-order valence-electron chi connectivity index (χ2n) is 9.13. The molecule has 2 aromatic rings. The molecule has 2 atom stereocenters. The van der Waals surface area contributed by atoms with Crippen LogP contribution in [0.5, 0.6) is 0 Å². The fourth-order valence-corrected chi connectivity index (χ4v) is 3.35. The van der Waals surface area contributed by atoms with E-state index in [1.807, 2.05) is 6.07 Å². The molecule has 0 saturated heterocycles. The van der Waals surface area contributed by atoms with Gasteiger partial charge in [-0.3, -0.25) is 4.90 Å². The van der Waals surface area contributed by atoms with E-state index in [4.69, 9.17) is 9.47 Å². The summed E-state index contributed by atoms with van der Waals surface area (Å²) < 4.78 is 37.3. The maximum absolute atomic E-state index is 13.7. The predicted octanol–water partition coefficient (Wildman–Crippen LogP) is 3.75. The van der Waals surface area contributed by atoms with Gasteiger partial charge in [0.2, 0.25) is 0 Å². The Morgan fingerprint density at radius 3 is 2.34 bits per heavy atom. The number of amides is 2. The lowest BCUT2D eigenvalue weighted by Gasteiger charge is -2.27. The summed E-state index contributed by atoms with van der Waals surface area (Å²) in [5.74, 6) is -1.50. The van der Waals surface area contributed by atoms with E-state index in [9.17, 15) is 23.5 Å². The van der Waals surface area contributed by atoms with Crippen molar-refractivity contribution in [2.24, 2.45) is 0 Å². The van der Waals surface area contributed by atoms with Crippen LogP contribution in [0.25, 0.3) is 0 Å². The highest BCUT2D eigenvalue weighted by Gasteiger charge is 2.25. The number of nitrogens with zero attached hydrogens (tertiary/aromatic N) is 1. The average Bonchev–Trinajstić information content (AvgIpc) is 2.75. The molecule has 0 heterocycles. The number of alkyl carbamates (subject to hydrolysis) is 1. The summed E-state index contributed by atoms with van der Waals surface area (Å²) in [5, 5.41) is 16.5. The van der Waals surface area contributed by atoms with Gasteiger partial charge in [0.25, 0.3) is 0 Å². The molecule has 0 fully saturated rings. The summed E-state index contributed by atoms with van der Waals surface area (Å²) >= 11 is 0. The molecule has 0 aliphatic rings. The molecule has 10 heteroatoms. The molecule has 2 rings (SSSR count). The minimum Gasteiger partial charge on any atom is -0.452 e. The second kappa shape index (κ2) is 12.5. The van der Waals surface area contributed by atoms with Crippen molar-refractivity contribution in [2.45, 2.75) is 51.5 Å². The molecule has 0 aliphatic carbocycles.